The van der Waals surface area contributed by atoms with Crippen molar-refractivity contribution in [2.24, 2.45) is 0 Å². The highest BCUT2D eigenvalue weighted by atomic mass is 127. The summed E-state index contributed by atoms with van der Waals surface area (Å²) < 4.78 is 0.605. The smallest absolute Gasteiger partial charge is 0.0567 e. The van der Waals surface area contributed by atoms with Crippen molar-refractivity contribution in [1.29, 1.82) is 0 Å². The Balaban J connectivity index is 2.22. The number of piperidine rings is 1. The van der Waals surface area contributed by atoms with Gasteiger partial charge >= 0.3 is 0 Å². The summed E-state index contributed by atoms with van der Waals surface area (Å²) in [6.45, 7) is 9.32. The summed E-state index contributed by atoms with van der Waals surface area (Å²) in [5.74, 6) is 0. The summed E-state index contributed by atoms with van der Waals surface area (Å²) in [4.78, 5) is 2.57. The molecule has 0 aliphatic carbocycles. The van der Waals surface area contributed by atoms with Crippen LogP contribution in [0.25, 0.3) is 0 Å². The average molecular weight is 296 g/mol. The highest BCUT2D eigenvalue weighted by Crippen LogP contribution is 2.14. The largest absolute Gasteiger partial charge is 0.303 e. The van der Waals surface area contributed by atoms with Gasteiger partial charge in [0.15, 0.2) is 0 Å². The Kier molecular flexibility index (Phi) is 4.97. The van der Waals surface area contributed by atoms with Gasteiger partial charge in [-0.15, -0.1) is 0 Å². The van der Waals surface area contributed by atoms with E-state index in [9.17, 15) is 0 Å². The third-order valence-corrected chi connectivity index (χ3v) is 3.08. The third kappa shape index (κ3) is 4.13. The van der Waals surface area contributed by atoms with Crippen LogP contribution in [-0.2, 0) is 0 Å². The molecule has 1 aliphatic rings. The van der Waals surface area contributed by atoms with Crippen molar-refractivity contribution in [3.63, 3.8) is 0 Å². The molecule has 1 aliphatic heterocycles. The van der Waals surface area contributed by atoms with Crippen LogP contribution >= 0.6 is 22.6 Å². The Morgan fingerprint density at radius 3 is 2.15 bits per heavy atom. The molecule has 3 heteroatoms. The van der Waals surface area contributed by atoms with E-state index in [-0.39, 0.29) is 0 Å². The van der Waals surface area contributed by atoms with Gasteiger partial charge in [0.2, 0.25) is 0 Å². The van der Waals surface area contributed by atoms with Crippen molar-refractivity contribution in [1.82, 2.24) is 10.2 Å². The van der Waals surface area contributed by atoms with E-state index < -0.39 is 0 Å². The van der Waals surface area contributed by atoms with Gasteiger partial charge < -0.3 is 10.2 Å². The maximum Gasteiger partial charge on any atom is 0.0567 e. The van der Waals surface area contributed by atoms with Gasteiger partial charge in [0.1, 0.15) is 0 Å². The lowest BCUT2D eigenvalue weighted by Gasteiger charge is -2.35. The van der Waals surface area contributed by atoms with Crippen molar-refractivity contribution in [3.05, 3.63) is 0 Å². The van der Waals surface area contributed by atoms with E-state index >= 15 is 0 Å². The monoisotopic (exact) mass is 296 g/mol. The van der Waals surface area contributed by atoms with E-state index in [2.05, 4.69) is 53.6 Å². The van der Waals surface area contributed by atoms with Gasteiger partial charge in [-0.05, 0) is 46.7 Å². The highest BCUT2D eigenvalue weighted by Gasteiger charge is 2.20. The van der Waals surface area contributed by atoms with Crippen molar-refractivity contribution >= 4 is 22.6 Å². The van der Waals surface area contributed by atoms with Gasteiger partial charge in [0.05, 0.1) is 4.05 Å². The summed E-state index contributed by atoms with van der Waals surface area (Å²) in [5, 5.41) is 3.60. The number of likely N-dealkylation sites (tertiary alicyclic amines) is 1. The Bertz CT molecular complexity index is 140. The lowest BCUT2D eigenvalue weighted by Crippen LogP contribution is -2.46. The molecule has 0 bridgehead atoms. The van der Waals surface area contributed by atoms with Crippen LogP contribution in [-0.4, -0.2) is 34.1 Å². The topological polar surface area (TPSA) is 15.3 Å². The maximum atomic E-state index is 3.60. The van der Waals surface area contributed by atoms with Crippen molar-refractivity contribution in [2.75, 3.05) is 13.1 Å². The number of nitrogens with zero attached hydrogens (tertiary/aromatic N) is 1. The molecule has 0 aromatic carbocycles. The Morgan fingerprint density at radius 2 is 1.77 bits per heavy atom. The minimum Gasteiger partial charge on any atom is -0.303 e. The van der Waals surface area contributed by atoms with Crippen molar-refractivity contribution < 1.29 is 0 Å². The minimum absolute atomic E-state index is 0.605. The summed E-state index contributed by atoms with van der Waals surface area (Å²) in [7, 11) is 0. The quantitative estimate of drug-likeness (QED) is 0.488. The molecule has 1 fully saturated rings. The molecular formula is C10H21IN2. The minimum atomic E-state index is 0.605. The number of nitrogens with one attached hydrogen (secondary N) is 1. The van der Waals surface area contributed by atoms with Gasteiger partial charge in [-0.2, -0.15) is 0 Å². The zero-order valence-electron chi connectivity index (χ0n) is 8.89. The predicted octanol–water partition coefficient (Wildman–Crippen LogP) is 2.23. The second-order valence-electron chi connectivity index (χ2n) is 4.19. The van der Waals surface area contributed by atoms with Crippen LogP contribution in [0.3, 0.4) is 0 Å². The molecule has 2 nitrogen and oxygen atoms in total. The Labute approximate surface area is 95.6 Å². The van der Waals surface area contributed by atoms with Crippen LogP contribution in [0.4, 0.5) is 0 Å². The van der Waals surface area contributed by atoms with Crippen molar-refractivity contribution in [3.8, 4) is 0 Å². The molecule has 0 saturated carbocycles. The molecule has 13 heavy (non-hydrogen) atoms. The van der Waals surface area contributed by atoms with Gasteiger partial charge in [0, 0.05) is 12.1 Å². The summed E-state index contributed by atoms with van der Waals surface area (Å²) in [6.07, 6.45) is 2.62. The molecule has 1 unspecified atom stereocenters. The van der Waals surface area contributed by atoms with E-state index in [1.807, 2.05) is 0 Å². The van der Waals surface area contributed by atoms with E-state index in [4.69, 9.17) is 0 Å². The molecule has 1 atom stereocenters. The first-order valence-electron chi connectivity index (χ1n) is 5.23. The van der Waals surface area contributed by atoms with Crippen LogP contribution in [0.15, 0.2) is 0 Å². The first-order valence-corrected chi connectivity index (χ1v) is 6.48. The van der Waals surface area contributed by atoms with Crippen LogP contribution in [0, 0.1) is 0 Å². The fraction of sp³-hybridized carbons (Fsp3) is 1.00. The predicted molar refractivity (Wildman–Crippen MR) is 66.3 cm³/mol. The standard InChI is InChI=1S/C10H21IN2/c1-8(2)13-6-4-10(5-7-13)12-9(3)11/h8-10,12H,4-7H2,1-3H3. The van der Waals surface area contributed by atoms with Crippen molar-refractivity contribution in [2.45, 2.75) is 49.7 Å². The molecular weight excluding hydrogens is 275 g/mol. The fourth-order valence-corrected chi connectivity index (χ4v) is 2.42. The SMILES string of the molecule is CC(I)NC1CCN(C(C)C)CC1. The molecule has 1 heterocycles. The summed E-state index contributed by atoms with van der Waals surface area (Å²) in [6, 6.07) is 1.47. The normalized spacial score (nSPS) is 23.8. The molecule has 0 aromatic rings. The van der Waals surface area contributed by atoms with E-state index in [1.54, 1.807) is 0 Å². The number of halogens is 1. The van der Waals surface area contributed by atoms with Crippen LogP contribution < -0.4 is 5.32 Å². The number of rotatable bonds is 3. The summed E-state index contributed by atoms with van der Waals surface area (Å²) >= 11 is 2.44. The molecule has 1 N–H and O–H groups in total. The zero-order chi connectivity index (χ0) is 9.84. The Morgan fingerprint density at radius 1 is 1.23 bits per heavy atom. The van der Waals surface area contributed by atoms with Crippen LogP contribution in [0.2, 0.25) is 0 Å². The molecule has 0 aromatic heterocycles. The van der Waals surface area contributed by atoms with E-state index in [0.29, 0.717) is 4.05 Å². The van der Waals surface area contributed by atoms with Gasteiger partial charge in [-0.3, -0.25) is 0 Å². The third-order valence-electron chi connectivity index (χ3n) is 2.73. The first kappa shape index (κ1) is 11.7. The van der Waals surface area contributed by atoms with Gasteiger partial charge in [0.25, 0.3) is 0 Å². The van der Waals surface area contributed by atoms with Gasteiger partial charge in [-0.25, -0.2) is 0 Å². The van der Waals surface area contributed by atoms with Crippen LogP contribution in [0.5, 0.6) is 0 Å². The number of hydrogen-bond donors (Lipinski definition) is 1. The zero-order valence-corrected chi connectivity index (χ0v) is 11.0. The second kappa shape index (κ2) is 5.51. The summed E-state index contributed by atoms with van der Waals surface area (Å²) in [5.41, 5.74) is 0. The Hall–Kier alpha value is 0.650. The lowest BCUT2D eigenvalue weighted by molar-refractivity contribution is 0.161. The second-order valence-corrected chi connectivity index (χ2v) is 6.06. The lowest BCUT2D eigenvalue weighted by atomic mass is 10.0. The van der Waals surface area contributed by atoms with Crippen LogP contribution in [0.1, 0.15) is 33.6 Å². The number of alkyl halides is 1. The van der Waals surface area contributed by atoms with E-state index in [1.165, 1.54) is 25.9 Å². The molecule has 1 saturated heterocycles. The molecule has 0 spiro atoms. The van der Waals surface area contributed by atoms with Gasteiger partial charge in [-0.1, -0.05) is 22.6 Å². The molecule has 0 amide bonds. The fourth-order valence-electron chi connectivity index (χ4n) is 1.91. The number of hydrogen-bond acceptors (Lipinski definition) is 2. The first-order chi connectivity index (χ1) is 6.09. The van der Waals surface area contributed by atoms with E-state index in [0.717, 1.165) is 12.1 Å². The average Bonchev–Trinajstić information content (AvgIpc) is 2.04. The highest BCUT2D eigenvalue weighted by molar-refractivity contribution is 14.1. The maximum absolute atomic E-state index is 3.60. The molecule has 78 valence electrons. The molecule has 1 rings (SSSR count). The molecule has 0 radical (unpaired) electrons.